The van der Waals surface area contributed by atoms with Gasteiger partial charge in [-0.25, -0.2) is 0 Å². The fourth-order valence-electron chi connectivity index (χ4n) is 14.4. The summed E-state index contributed by atoms with van der Waals surface area (Å²) < 4.78 is 47.5. The van der Waals surface area contributed by atoms with Gasteiger partial charge < -0.3 is 60.3 Å². The van der Waals surface area contributed by atoms with Crippen molar-refractivity contribution < 1.29 is 70.6 Å². The highest BCUT2D eigenvalue weighted by molar-refractivity contribution is 6.20. The summed E-state index contributed by atoms with van der Waals surface area (Å²) in [7, 11) is 7.22. The summed E-state index contributed by atoms with van der Waals surface area (Å²) in [6.07, 6.45) is 2.74. The zero-order valence-corrected chi connectivity index (χ0v) is 59.0. The second-order valence-electron chi connectivity index (χ2n) is 28.4. The van der Waals surface area contributed by atoms with Gasteiger partial charge in [0.15, 0.2) is 0 Å². The van der Waals surface area contributed by atoms with Crippen LogP contribution in [0, 0.1) is 35.5 Å². The van der Waals surface area contributed by atoms with E-state index in [0.717, 1.165) is 41.9 Å². The summed E-state index contributed by atoms with van der Waals surface area (Å²) >= 11 is 6.37. The number of amides is 11. The maximum Gasteiger partial charge on any atom is 0.393 e. The predicted molar refractivity (Wildman–Crippen MR) is 349 cm³/mol. The van der Waals surface area contributed by atoms with Gasteiger partial charge in [0, 0.05) is 72.8 Å². The number of nitrogens with one attached hydrogen (secondary N) is 4. The molecular weight excluding hydrogens is 1240 g/mol. The van der Waals surface area contributed by atoms with Crippen LogP contribution in [0.5, 0.6) is 0 Å². The molecule has 5 fully saturated rings. The molecule has 27 heteroatoms. The third kappa shape index (κ3) is 21.4. The first-order chi connectivity index (χ1) is 44.2. The fourth-order valence-corrected chi connectivity index (χ4v) is 15.0. The molecule has 1 spiro atoms. The maximum atomic E-state index is 15.1. The maximum absolute atomic E-state index is 15.1. The van der Waals surface area contributed by atoms with Crippen LogP contribution in [0.25, 0.3) is 0 Å². The highest BCUT2D eigenvalue weighted by Crippen LogP contribution is 2.44. The molecule has 5 rings (SSSR count). The summed E-state index contributed by atoms with van der Waals surface area (Å²) in [6, 6.07) is -7.70. The number of halogens is 4. The summed E-state index contributed by atoms with van der Waals surface area (Å²) in [5, 5.41) is 10.5. The molecule has 4 N–H and O–H groups in total. The van der Waals surface area contributed by atoms with Crippen LogP contribution >= 0.6 is 11.6 Å². The first-order valence-corrected chi connectivity index (χ1v) is 35.0. The zero-order chi connectivity index (χ0) is 70.1. The molecule has 11 atom stereocenters. The standard InChI is InChI=1S/C67H111ClF3N11O12/c1-14-43(7)57-64(92)81(32-33-94-15-2)40-55(85)76(9)39-56(86)79(12)52(37-45-22-17-16-18-23-45)63(91)77(10)38-53(83)73-49(28-26-46-25-27-47(48(68)36-46)67(69,70)71)62(90)82-31-21-24-50(82)60(88)75-66(29-19-20-30-66)65(93)80(13)58(42(5)6)61(89)72-44(8)35-54(84)78(11)51(34-41(3)4)59(87)74-57/h41-52,57-58H,14-40H2,1-13H3,(H,72,89)(H,73,83)(H,74,87)(H,75,88)/t43-,44+,46?,47?,48?,49-,50-,51-,52-,57-,58-/m0/s1. The molecule has 3 aliphatic carbocycles. The van der Waals surface area contributed by atoms with E-state index in [1.54, 1.807) is 34.6 Å². The normalized spacial score (nSPS) is 29.1. The van der Waals surface area contributed by atoms with E-state index in [1.165, 1.54) is 59.7 Å². The number of carbonyl (C=O) groups excluding carboxylic acids is 11. The number of hydrogen-bond acceptors (Lipinski definition) is 12. The van der Waals surface area contributed by atoms with Crippen molar-refractivity contribution in [2.75, 3.05) is 81.2 Å². The molecule has 0 aromatic heterocycles. The van der Waals surface area contributed by atoms with Gasteiger partial charge >= 0.3 is 6.18 Å². The Hall–Kier alpha value is -5.79. The van der Waals surface area contributed by atoms with Crippen LogP contribution in [0.4, 0.5) is 13.2 Å². The van der Waals surface area contributed by atoms with E-state index in [1.807, 2.05) is 20.8 Å². The van der Waals surface area contributed by atoms with Crippen molar-refractivity contribution in [2.45, 2.75) is 243 Å². The highest BCUT2D eigenvalue weighted by atomic mass is 35.5. The zero-order valence-electron chi connectivity index (χ0n) is 58.2. The lowest BCUT2D eigenvalue weighted by molar-refractivity contribution is -0.182. The Bertz CT molecular complexity index is 2620. The van der Waals surface area contributed by atoms with Crippen molar-refractivity contribution in [2.24, 2.45) is 35.5 Å². The van der Waals surface area contributed by atoms with Gasteiger partial charge in [-0.15, -0.1) is 11.6 Å². The van der Waals surface area contributed by atoms with Crippen molar-refractivity contribution in [1.82, 2.24) is 55.6 Å². The average Bonchev–Trinajstić information content (AvgIpc) is 1.57. The molecule has 3 saturated carbocycles. The van der Waals surface area contributed by atoms with Crippen LogP contribution < -0.4 is 21.3 Å². The lowest BCUT2D eigenvalue weighted by Gasteiger charge is -2.39. The molecule has 0 aromatic rings. The Morgan fingerprint density at radius 3 is 1.89 bits per heavy atom. The van der Waals surface area contributed by atoms with Gasteiger partial charge in [0.25, 0.3) is 0 Å². The minimum Gasteiger partial charge on any atom is -0.380 e. The Labute approximate surface area is 560 Å². The minimum absolute atomic E-state index is 0.0105. The topological polar surface area (TPSA) is 268 Å². The number of fused-ring (bicyclic) bond motifs is 1. The molecule has 534 valence electrons. The first kappa shape index (κ1) is 78.9. The van der Waals surface area contributed by atoms with Gasteiger partial charge in [-0.3, -0.25) is 52.7 Å². The summed E-state index contributed by atoms with van der Waals surface area (Å²) in [5.41, 5.74) is -1.48. The van der Waals surface area contributed by atoms with E-state index in [4.69, 9.17) is 16.3 Å². The number of likely N-dealkylation sites (N-methyl/N-ethyl adjacent to an activating group) is 5. The third-order valence-electron chi connectivity index (χ3n) is 20.3. The van der Waals surface area contributed by atoms with E-state index in [-0.39, 0.29) is 108 Å². The number of rotatable bonds is 14. The molecule has 0 bridgehead atoms. The first-order valence-electron chi connectivity index (χ1n) is 34.5. The molecule has 23 nitrogen and oxygen atoms in total. The Kier molecular flexibility index (Phi) is 30.2. The lowest BCUT2D eigenvalue weighted by atomic mass is 9.78. The van der Waals surface area contributed by atoms with Gasteiger partial charge in [0.05, 0.1) is 32.2 Å². The molecule has 0 radical (unpaired) electrons. The molecule has 2 aliphatic heterocycles. The van der Waals surface area contributed by atoms with Crippen molar-refractivity contribution in [3.8, 4) is 0 Å². The smallest absolute Gasteiger partial charge is 0.380 e. The van der Waals surface area contributed by atoms with Gasteiger partial charge in [-0.05, 0) is 114 Å². The molecule has 0 aromatic carbocycles. The Morgan fingerprint density at radius 2 is 1.30 bits per heavy atom. The van der Waals surface area contributed by atoms with E-state index < -0.39 is 162 Å². The highest BCUT2D eigenvalue weighted by Gasteiger charge is 2.51. The number of nitrogens with zero attached hydrogens (tertiary/aromatic N) is 7. The molecule has 94 heavy (non-hydrogen) atoms. The van der Waals surface area contributed by atoms with Gasteiger partial charge in [0.2, 0.25) is 65.0 Å². The van der Waals surface area contributed by atoms with E-state index in [2.05, 4.69) is 21.3 Å². The van der Waals surface area contributed by atoms with Crippen LogP contribution in [0.3, 0.4) is 0 Å². The number of hydrogen-bond donors (Lipinski definition) is 4. The molecule has 2 heterocycles. The van der Waals surface area contributed by atoms with Crippen molar-refractivity contribution in [3.63, 3.8) is 0 Å². The molecule has 2 saturated heterocycles. The van der Waals surface area contributed by atoms with Gasteiger partial charge in [0.1, 0.15) is 41.8 Å². The summed E-state index contributed by atoms with van der Waals surface area (Å²) in [5.74, 6) is -9.75. The van der Waals surface area contributed by atoms with E-state index in [0.29, 0.717) is 32.3 Å². The van der Waals surface area contributed by atoms with Crippen LogP contribution in [-0.4, -0.2) is 240 Å². The monoisotopic (exact) mass is 1350 g/mol. The lowest BCUT2D eigenvalue weighted by Crippen LogP contribution is -2.64. The number of carbonyl (C=O) groups is 11. The summed E-state index contributed by atoms with van der Waals surface area (Å²) in [4.78, 5) is 170. The quantitative estimate of drug-likeness (QED) is 0.122. The molecule has 5 aliphatic rings. The second-order valence-corrected chi connectivity index (χ2v) is 29.0. The SMILES string of the molecule is CCOCCN1CC(=O)N(C)CC(=O)N(C)[C@@H](CC2CCCCC2)C(=O)N(C)CC(=O)N[C@@H](CCC2CCC(C(F)(F)F)C(Cl)C2)C(=O)N2CCC[C@H]2C(=O)NC2(CCCC2)C(=O)N(C)[C@@H](C(C)C)C(=O)N[C@H](C)CC(=O)N(C)[C@@H](CC(C)C)C(=O)N[C@@H]([C@@H](C)CC)C1=O. The van der Waals surface area contributed by atoms with Crippen LogP contribution in [0.15, 0.2) is 0 Å². The van der Waals surface area contributed by atoms with Gasteiger partial charge in [-0.1, -0.05) is 92.9 Å². The van der Waals surface area contributed by atoms with Crippen molar-refractivity contribution >= 4 is 76.6 Å². The van der Waals surface area contributed by atoms with Crippen molar-refractivity contribution in [3.05, 3.63) is 0 Å². The Morgan fingerprint density at radius 1 is 0.649 bits per heavy atom. The average molecular weight is 1360 g/mol. The second kappa shape index (κ2) is 36.0. The Balaban J connectivity index is 1.56. The molecule has 3 unspecified atom stereocenters. The van der Waals surface area contributed by atoms with E-state index >= 15 is 9.59 Å². The number of alkyl halides is 4. The van der Waals surface area contributed by atoms with Crippen molar-refractivity contribution in [1.29, 1.82) is 0 Å². The predicted octanol–water partition coefficient (Wildman–Crippen LogP) is 5.63. The largest absolute Gasteiger partial charge is 0.393 e. The summed E-state index contributed by atoms with van der Waals surface area (Å²) in [6.45, 7) is 13.1. The van der Waals surface area contributed by atoms with E-state index in [9.17, 15) is 56.3 Å². The fraction of sp³-hybridized carbons (Fsp3) is 0.836. The van der Waals surface area contributed by atoms with Crippen LogP contribution in [-0.2, 0) is 57.5 Å². The van der Waals surface area contributed by atoms with Crippen LogP contribution in [0.2, 0.25) is 0 Å². The third-order valence-corrected chi connectivity index (χ3v) is 20.8. The minimum atomic E-state index is -4.50. The molecule has 11 amide bonds. The van der Waals surface area contributed by atoms with Crippen LogP contribution in [0.1, 0.15) is 184 Å². The number of ether oxygens (including phenoxy) is 1. The molecular formula is C67H111ClF3N11O12. The van der Waals surface area contributed by atoms with Gasteiger partial charge in [-0.2, -0.15) is 13.2 Å².